The van der Waals surface area contributed by atoms with Gasteiger partial charge in [-0.15, -0.1) is 0 Å². The van der Waals surface area contributed by atoms with Crippen LogP contribution in [0.25, 0.3) is 0 Å². The smallest absolute Gasteiger partial charge is 0.144 e. The SMILES string of the molecule is COc1cc(C=N[S+]([O-])C(C)(C)C)cc(OC)c1Br. The van der Waals surface area contributed by atoms with Gasteiger partial charge in [0.05, 0.1) is 20.4 Å². The molecule has 0 N–H and O–H groups in total. The Kier molecular flexibility index (Phi) is 5.70. The zero-order chi connectivity index (χ0) is 14.6. The molecule has 0 heterocycles. The van der Waals surface area contributed by atoms with Crippen molar-refractivity contribution < 1.29 is 14.0 Å². The van der Waals surface area contributed by atoms with E-state index in [1.54, 1.807) is 32.6 Å². The number of benzene rings is 1. The highest BCUT2D eigenvalue weighted by molar-refractivity contribution is 9.10. The Morgan fingerprint density at radius 3 is 2.05 bits per heavy atom. The Morgan fingerprint density at radius 1 is 1.21 bits per heavy atom. The van der Waals surface area contributed by atoms with Crippen molar-refractivity contribution in [2.45, 2.75) is 25.5 Å². The molecule has 4 nitrogen and oxygen atoms in total. The molecule has 0 saturated carbocycles. The van der Waals surface area contributed by atoms with Gasteiger partial charge < -0.3 is 14.0 Å². The van der Waals surface area contributed by atoms with Crippen molar-refractivity contribution >= 4 is 33.5 Å². The summed E-state index contributed by atoms with van der Waals surface area (Å²) in [7, 11) is 3.15. The molecule has 1 unspecified atom stereocenters. The molecule has 1 rings (SSSR count). The number of halogens is 1. The second-order valence-electron chi connectivity index (χ2n) is 4.84. The van der Waals surface area contributed by atoms with Gasteiger partial charge in [0.25, 0.3) is 0 Å². The van der Waals surface area contributed by atoms with Crippen LogP contribution in [0.2, 0.25) is 0 Å². The third-order valence-corrected chi connectivity index (χ3v) is 4.42. The van der Waals surface area contributed by atoms with Gasteiger partial charge in [0.2, 0.25) is 0 Å². The molecule has 0 spiro atoms. The normalized spacial score (nSPS) is 13.6. The van der Waals surface area contributed by atoms with Crippen molar-refractivity contribution in [3.8, 4) is 11.5 Å². The molecule has 106 valence electrons. The van der Waals surface area contributed by atoms with Crippen LogP contribution in [0.1, 0.15) is 26.3 Å². The van der Waals surface area contributed by atoms with Crippen LogP contribution in [0, 0.1) is 0 Å². The van der Waals surface area contributed by atoms with Crippen LogP contribution in [0.4, 0.5) is 0 Å². The molecule has 1 atom stereocenters. The quantitative estimate of drug-likeness (QED) is 0.619. The third kappa shape index (κ3) is 4.40. The number of rotatable bonds is 4. The molecule has 0 aliphatic rings. The molecule has 1 aromatic carbocycles. The van der Waals surface area contributed by atoms with Crippen LogP contribution in [0.15, 0.2) is 21.0 Å². The van der Waals surface area contributed by atoms with Crippen LogP contribution < -0.4 is 9.47 Å². The van der Waals surface area contributed by atoms with Crippen molar-refractivity contribution in [1.29, 1.82) is 0 Å². The highest BCUT2D eigenvalue weighted by Gasteiger charge is 2.25. The van der Waals surface area contributed by atoms with E-state index < -0.39 is 11.4 Å². The van der Waals surface area contributed by atoms with E-state index in [0.29, 0.717) is 11.5 Å². The van der Waals surface area contributed by atoms with Gasteiger partial charge in [-0.25, -0.2) is 0 Å². The molecular weight excluding hydrogens is 330 g/mol. The first-order valence-electron chi connectivity index (χ1n) is 5.67. The highest BCUT2D eigenvalue weighted by atomic mass is 79.9. The van der Waals surface area contributed by atoms with Crippen LogP contribution in [0.3, 0.4) is 0 Å². The van der Waals surface area contributed by atoms with E-state index in [1.165, 1.54) is 0 Å². The van der Waals surface area contributed by atoms with Crippen molar-refractivity contribution in [3.05, 3.63) is 22.2 Å². The molecule has 0 aliphatic heterocycles. The number of hydrogen-bond acceptors (Lipinski definition) is 4. The van der Waals surface area contributed by atoms with E-state index in [-0.39, 0.29) is 4.75 Å². The predicted octanol–water partition coefficient (Wildman–Crippen LogP) is 3.35. The van der Waals surface area contributed by atoms with Gasteiger partial charge in [-0.1, -0.05) is 4.40 Å². The second kappa shape index (κ2) is 6.63. The Balaban J connectivity index is 3.05. The van der Waals surface area contributed by atoms with Gasteiger partial charge in [-0.05, 0) is 48.8 Å². The Morgan fingerprint density at radius 2 is 1.68 bits per heavy atom. The molecule has 0 saturated heterocycles. The van der Waals surface area contributed by atoms with Crippen molar-refractivity contribution in [2.75, 3.05) is 14.2 Å². The minimum Gasteiger partial charge on any atom is -0.591 e. The number of methoxy groups -OCH3 is 2. The van der Waals surface area contributed by atoms with Gasteiger partial charge in [0.1, 0.15) is 32.1 Å². The van der Waals surface area contributed by atoms with E-state index in [9.17, 15) is 4.55 Å². The van der Waals surface area contributed by atoms with Crippen molar-refractivity contribution in [1.82, 2.24) is 0 Å². The standard InChI is InChI=1S/C13H18BrNO3S/c1-13(2,3)19(16)15-8-9-6-10(17-4)12(14)11(7-9)18-5/h6-8H,1-5H3. The summed E-state index contributed by atoms with van der Waals surface area (Å²) in [6, 6.07) is 3.60. The fourth-order valence-electron chi connectivity index (χ4n) is 1.23. The average molecular weight is 348 g/mol. The zero-order valence-electron chi connectivity index (χ0n) is 11.7. The lowest BCUT2D eigenvalue weighted by Crippen LogP contribution is -2.25. The van der Waals surface area contributed by atoms with Crippen molar-refractivity contribution in [3.63, 3.8) is 0 Å². The molecule has 6 heteroatoms. The minimum absolute atomic E-state index is 0.375. The first-order chi connectivity index (χ1) is 8.79. The maximum Gasteiger partial charge on any atom is 0.144 e. The fourth-order valence-corrected chi connectivity index (χ4v) is 2.32. The number of hydrogen-bond donors (Lipinski definition) is 0. The molecular formula is C13H18BrNO3S. The largest absolute Gasteiger partial charge is 0.591 e. The lowest BCUT2D eigenvalue weighted by molar-refractivity contribution is 0.389. The number of nitrogens with zero attached hydrogens (tertiary/aromatic N) is 1. The average Bonchev–Trinajstić information content (AvgIpc) is 2.35. The molecule has 0 fully saturated rings. The maximum atomic E-state index is 11.9. The molecule has 0 amide bonds. The first-order valence-corrected chi connectivity index (χ1v) is 7.57. The van der Waals surface area contributed by atoms with E-state index in [4.69, 9.17) is 9.47 Å². The van der Waals surface area contributed by atoms with Gasteiger partial charge in [0.15, 0.2) is 0 Å². The molecule has 0 aromatic heterocycles. The van der Waals surface area contributed by atoms with E-state index >= 15 is 0 Å². The summed E-state index contributed by atoms with van der Waals surface area (Å²) in [5.41, 5.74) is 0.773. The summed E-state index contributed by atoms with van der Waals surface area (Å²) in [5, 5.41) is 0. The van der Waals surface area contributed by atoms with Gasteiger partial charge in [-0.2, -0.15) is 0 Å². The summed E-state index contributed by atoms with van der Waals surface area (Å²) in [6.45, 7) is 5.63. The van der Waals surface area contributed by atoms with Crippen LogP contribution in [-0.4, -0.2) is 29.7 Å². The van der Waals surface area contributed by atoms with Gasteiger partial charge >= 0.3 is 0 Å². The summed E-state index contributed by atoms with van der Waals surface area (Å²) >= 11 is 2.11. The van der Waals surface area contributed by atoms with E-state index in [0.717, 1.165) is 10.0 Å². The molecule has 0 aliphatic carbocycles. The summed E-state index contributed by atoms with van der Waals surface area (Å²) < 4.78 is 26.8. The third-order valence-electron chi connectivity index (χ3n) is 2.29. The van der Waals surface area contributed by atoms with Crippen LogP contribution >= 0.6 is 15.9 Å². The predicted molar refractivity (Wildman–Crippen MR) is 82.7 cm³/mol. The zero-order valence-corrected chi connectivity index (χ0v) is 14.1. The Labute approximate surface area is 125 Å². The number of ether oxygens (including phenoxy) is 2. The van der Waals surface area contributed by atoms with Crippen LogP contribution in [-0.2, 0) is 11.4 Å². The molecule has 0 radical (unpaired) electrons. The van der Waals surface area contributed by atoms with Crippen LogP contribution in [0.5, 0.6) is 11.5 Å². The molecule has 1 aromatic rings. The van der Waals surface area contributed by atoms with E-state index in [2.05, 4.69) is 20.3 Å². The fraction of sp³-hybridized carbons (Fsp3) is 0.462. The first kappa shape index (κ1) is 16.3. The lowest BCUT2D eigenvalue weighted by Gasteiger charge is -2.17. The summed E-state index contributed by atoms with van der Waals surface area (Å²) in [4.78, 5) is 0. The lowest BCUT2D eigenvalue weighted by atomic mass is 10.2. The topological polar surface area (TPSA) is 53.9 Å². The van der Waals surface area contributed by atoms with Gasteiger partial charge in [-0.3, -0.25) is 0 Å². The van der Waals surface area contributed by atoms with E-state index in [1.807, 2.05) is 20.8 Å². The highest BCUT2D eigenvalue weighted by Crippen LogP contribution is 2.35. The summed E-state index contributed by atoms with van der Waals surface area (Å²) in [5.74, 6) is 1.28. The maximum absolute atomic E-state index is 11.9. The summed E-state index contributed by atoms with van der Waals surface area (Å²) in [6.07, 6.45) is 1.57. The Bertz CT molecular complexity index is 446. The molecule has 19 heavy (non-hydrogen) atoms. The van der Waals surface area contributed by atoms with Gasteiger partial charge in [0, 0.05) is 5.56 Å². The second-order valence-corrected chi connectivity index (χ2v) is 7.56. The monoisotopic (exact) mass is 347 g/mol. The van der Waals surface area contributed by atoms with Crippen molar-refractivity contribution in [2.24, 2.45) is 4.40 Å². The Hall–Kier alpha value is -0.720. The minimum atomic E-state index is -1.28. The molecule has 0 bridgehead atoms.